The molecule has 0 aliphatic rings. The molecule has 3 N–H and O–H groups in total. The monoisotopic (exact) mass is 423 g/mol. The Morgan fingerprint density at radius 2 is 1.74 bits per heavy atom. The number of aromatic nitrogens is 2. The summed E-state index contributed by atoms with van der Waals surface area (Å²) in [6.45, 7) is 0. The molecule has 1 aromatic heterocycles. The van der Waals surface area contributed by atoms with Crippen molar-refractivity contribution in [2.45, 2.75) is 0 Å². The van der Waals surface area contributed by atoms with Crippen LogP contribution in [0.15, 0.2) is 54.7 Å². The third-order valence-electron chi connectivity index (χ3n) is 3.49. The van der Waals surface area contributed by atoms with Gasteiger partial charge in [-0.1, -0.05) is 23.7 Å². The molecule has 0 unspecified atom stereocenters. The SMILES string of the molecule is CS(=O)(=O)N(c1cccc(N)c1)c1cccc(Nc2nc(Cl)ncc2Cl)c1. The molecule has 1 heterocycles. The van der Waals surface area contributed by atoms with Crippen molar-refractivity contribution in [2.24, 2.45) is 0 Å². The molecule has 2 aromatic carbocycles. The van der Waals surface area contributed by atoms with Gasteiger partial charge in [-0.3, -0.25) is 0 Å². The summed E-state index contributed by atoms with van der Waals surface area (Å²) >= 11 is 11.9. The second kappa shape index (κ2) is 7.59. The van der Waals surface area contributed by atoms with Crippen molar-refractivity contribution >= 4 is 61.8 Å². The van der Waals surface area contributed by atoms with Gasteiger partial charge in [-0.25, -0.2) is 17.7 Å². The van der Waals surface area contributed by atoms with E-state index in [2.05, 4.69) is 15.3 Å². The molecule has 0 aliphatic carbocycles. The molecule has 0 fully saturated rings. The van der Waals surface area contributed by atoms with E-state index in [-0.39, 0.29) is 10.3 Å². The van der Waals surface area contributed by atoms with Crippen LogP contribution in [-0.2, 0) is 10.0 Å². The molecule has 0 saturated carbocycles. The first kappa shape index (κ1) is 19.2. The molecule has 0 spiro atoms. The second-order valence-corrected chi connectivity index (χ2v) is 8.21. The van der Waals surface area contributed by atoms with Crippen LogP contribution in [0.5, 0.6) is 0 Å². The molecule has 0 amide bonds. The van der Waals surface area contributed by atoms with E-state index in [1.54, 1.807) is 48.5 Å². The van der Waals surface area contributed by atoms with Gasteiger partial charge in [0.2, 0.25) is 15.3 Å². The van der Waals surface area contributed by atoms with Crippen LogP contribution in [0.2, 0.25) is 10.3 Å². The van der Waals surface area contributed by atoms with Crippen molar-refractivity contribution in [3.05, 3.63) is 65.0 Å². The molecule has 3 aromatic rings. The van der Waals surface area contributed by atoms with Gasteiger partial charge in [0.05, 0.1) is 23.8 Å². The fourth-order valence-electron chi connectivity index (χ4n) is 2.46. The van der Waals surface area contributed by atoms with Crippen molar-refractivity contribution in [3.63, 3.8) is 0 Å². The fraction of sp³-hybridized carbons (Fsp3) is 0.0588. The maximum absolute atomic E-state index is 12.4. The van der Waals surface area contributed by atoms with Crippen molar-refractivity contribution in [1.29, 1.82) is 0 Å². The van der Waals surface area contributed by atoms with Crippen molar-refractivity contribution in [2.75, 3.05) is 21.6 Å². The first-order valence-electron chi connectivity index (χ1n) is 7.65. The van der Waals surface area contributed by atoms with E-state index in [0.717, 1.165) is 6.26 Å². The van der Waals surface area contributed by atoms with Crippen LogP contribution in [-0.4, -0.2) is 24.6 Å². The predicted octanol–water partition coefficient (Wildman–Crippen LogP) is 4.21. The molecule has 27 heavy (non-hydrogen) atoms. The van der Waals surface area contributed by atoms with Gasteiger partial charge in [-0.2, -0.15) is 4.98 Å². The smallest absolute Gasteiger partial charge is 0.236 e. The second-order valence-electron chi connectivity index (χ2n) is 5.63. The third-order valence-corrected chi connectivity index (χ3v) is 5.04. The number of nitrogens with one attached hydrogen (secondary N) is 1. The molecule has 10 heteroatoms. The van der Waals surface area contributed by atoms with E-state index in [1.807, 2.05) is 0 Å². The standard InChI is InChI=1S/C17H15Cl2N5O2S/c1-27(25,26)24(13-6-2-4-11(20)8-13)14-7-3-5-12(9-14)22-16-15(18)10-21-17(19)23-16/h2-10H,20H2,1H3,(H,21,22,23). The maximum atomic E-state index is 12.4. The van der Waals surface area contributed by atoms with E-state index in [4.69, 9.17) is 28.9 Å². The molecule has 0 radical (unpaired) electrons. The van der Waals surface area contributed by atoms with Gasteiger partial charge in [-0.15, -0.1) is 0 Å². The number of halogens is 2. The molecular formula is C17H15Cl2N5O2S. The number of benzene rings is 2. The molecular weight excluding hydrogens is 409 g/mol. The number of nitrogens with zero attached hydrogens (tertiary/aromatic N) is 3. The summed E-state index contributed by atoms with van der Waals surface area (Å²) < 4.78 is 26.0. The van der Waals surface area contributed by atoms with Crippen LogP contribution < -0.4 is 15.4 Å². The predicted molar refractivity (Wildman–Crippen MR) is 110 cm³/mol. The Hall–Kier alpha value is -2.55. The normalized spacial score (nSPS) is 11.2. The lowest BCUT2D eigenvalue weighted by molar-refractivity contribution is 0.602. The summed E-state index contributed by atoms with van der Waals surface area (Å²) in [6, 6.07) is 13.4. The zero-order valence-corrected chi connectivity index (χ0v) is 16.4. The van der Waals surface area contributed by atoms with Gasteiger partial charge in [0.15, 0.2) is 5.82 Å². The van der Waals surface area contributed by atoms with Crippen LogP contribution >= 0.6 is 23.2 Å². The van der Waals surface area contributed by atoms with Crippen molar-refractivity contribution in [3.8, 4) is 0 Å². The number of sulfonamides is 1. The van der Waals surface area contributed by atoms with E-state index in [9.17, 15) is 8.42 Å². The quantitative estimate of drug-likeness (QED) is 0.470. The topological polar surface area (TPSA) is 101 Å². The highest BCUT2D eigenvalue weighted by Gasteiger charge is 2.20. The highest BCUT2D eigenvalue weighted by Crippen LogP contribution is 2.32. The van der Waals surface area contributed by atoms with Crippen LogP contribution in [0.4, 0.5) is 28.6 Å². The zero-order valence-electron chi connectivity index (χ0n) is 14.1. The van der Waals surface area contributed by atoms with Crippen molar-refractivity contribution < 1.29 is 8.42 Å². The lowest BCUT2D eigenvalue weighted by atomic mass is 10.2. The van der Waals surface area contributed by atoms with Crippen molar-refractivity contribution in [1.82, 2.24) is 9.97 Å². The number of hydrogen-bond acceptors (Lipinski definition) is 6. The lowest BCUT2D eigenvalue weighted by Crippen LogP contribution is -2.24. The van der Waals surface area contributed by atoms with Crippen LogP contribution in [0.25, 0.3) is 0 Å². The minimum absolute atomic E-state index is 0.0376. The van der Waals surface area contributed by atoms with Gasteiger partial charge >= 0.3 is 0 Å². The maximum Gasteiger partial charge on any atom is 0.236 e. The van der Waals surface area contributed by atoms with E-state index < -0.39 is 10.0 Å². The summed E-state index contributed by atoms with van der Waals surface area (Å²) in [6.07, 6.45) is 2.50. The first-order chi connectivity index (χ1) is 12.7. The number of rotatable bonds is 5. The van der Waals surface area contributed by atoms with Crippen LogP contribution in [0, 0.1) is 0 Å². The first-order valence-corrected chi connectivity index (χ1v) is 10.3. The number of nitrogens with two attached hydrogens (primary N) is 1. The Balaban J connectivity index is 2.03. The number of anilines is 5. The van der Waals surface area contributed by atoms with E-state index >= 15 is 0 Å². The minimum Gasteiger partial charge on any atom is -0.399 e. The summed E-state index contributed by atoms with van der Waals surface area (Å²) in [7, 11) is -3.62. The Morgan fingerprint density at radius 1 is 1.07 bits per heavy atom. The molecule has 0 aliphatic heterocycles. The Morgan fingerprint density at radius 3 is 2.41 bits per heavy atom. The van der Waals surface area contributed by atoms with Gasteiger partial charge in [-0.05, 0) is 48.0 Å². The molecule has 0 atom stereocenters. The lowest BCUT2D eigenvalue weighted by Gasteiger charge is -2.23. The average molecular weight is 424 g/mol. The molecule has 0 bridgehead atoms. The Bertz CT molecular complexity index is 1090. The number of hydrogen-bond donors (Lipinski definition) is 2. The van der Waals surface area contributed by atoms with Gasteiger partial charge < -0.3 is 11.1 Å². The molecule has 140 valence electrons. The summed E-state index contributed by atoms with van der Waals surface area (Å²) in [5.74, 6) is 0.309. The molecule has 0 saturated heterocycles. The fourth-order valence-corrected chi connectivity index (χ4v) is 3.73. The van der Waals surface area contributed by atoms with Crippen LogP contribution in [0.3, 0.4) is 0 Å². The van der Waals surface area contributed by atoms with Gasteiger partial charge in [0, 0.05) is 11.4 Å². The Kier molecular flexibility index (Phi) is 5.41. The summed E-state index contributed by atoms with van der Waals surface area (Å²) in [5, 5.41) is 3.32. The minimum atomic E-state index is -3.62. The van der Waals surface area contributed by atoms with Crippen LogP contribution in [0.1, 0.15) is 0 Å². The molecule has 3 rings (SSSR count). The highest BCUT2D eigenvalue weighted by molar-refractivity contribution is 7.92. The number of nitrogen functional groups attached to an aromatic ring is 1. The molecule has 7 nitrogen and oxygen atoms in total. The summed E-state index contributed by atoms with van der Waals surface area (Å²) in [5.41, 5.74) is 7.68. The third kappa shape index (κ3) is 4.60. The van der Waals surface area contributed by atoms with E-state index in [0.29, 0.717) is 28.6 Å². The summed E-state index contributed by atoms with van der Waals surface area (Å²) in [4.78, 5) is 7.81. The van der Waals surface area contributed by atoms with Gasteiger partial charge in [0.1, 0.15) is 5.02 Å². The Labute approximate surface area is 166 Å². The zero-order chi connectivity index (χ0) is 19.6. The van der Waals surface area contributed by atoms with E-state index in [1.165, 1.54) is 10.5 Å². The van der Waals surface area contributed by atoms with Gasteiger partial charge in [0.25, 0.3) is 0 Å². The largest absolute Gasteiger partial charge is 0.399 e. The highest BCUT2D eigenvalue weighted by atomic mass is 35.5. The average Bonchev–Trinajstić information content (AvgIpc) is 2.57.